The highest BCUT2D eigenvalue weighted by Crippen LogP contribution is 2.18. The highest BCUT2D eigenvalue weighted by Gasteiger charge is 2.21. The molecular formula is C16H13NO6S. The van der Waals surface area contributed by atoms with E-state index in [-0.39, 0.29) is 21.9 Å². The summed E-state index contributed by atoms with van der Waals surface area (Å²) in [6.07, 6.45) is 0. The topological polar surface area (TPSA) is 111 Å². The number of carbonyl (C=O) groups is 2. The maximum absolute atomic E-state index is 12.2. The summed E-state index contributed by atoms with van der Waals surface area (Å²) < 4.78 is 24.5. The van der Waals surface area contributed by atoms with E-state index in [1.165, 1.54) is 31.2 Å². The zero-order chi connectivity index (χ0) is 17.9. The van der Waals surface area contributed by atoms with Crippen molar-refractivity contribution in [1.29, 1.82) is 0 Å². The average Bonchev–Trinajstić information content (AvgIpc) is 2.54. The molecule has 0 aliphatic carbocycles. The molecule has 0 aromatic heterocycles. The van der Waals surface area contributed by atoms with Gasteiger partial charge in [-0.05, 0) is 19.1 Å². The summed E-state index contributed by atoms with van der Waals surface area (Å²) in [4.78, 5) is 33.1. The van der Waals surface area contributed by atoms with Crippen LogP contribution in [0.1, 0.15) is 27.6 Å². The first-order valence-electron chi connectivity index (χ1n) is 6.82. The summed E-state index contributed by atoms with van der Waals surface area (Å²) in [5.41, 5.74) is 0.357. The number of non-ortho nitro benzene ring substituents is 1. The molecule has 0 N–H and O–H groups in total. The fraction of sp³-hybridized carbons (Fsp3) is 0.125. The van der Waals surface area contributed by atoms with Crippen molar-refractivity contribution in [3.05, 3.63) is 69.8 Å². The van der Waals surface area contributed by atoms with Crippen molar-refractivity contribution in [3.8, 4) is 0 Å². The molecule has 0 fully saturated rings. The lowest BCUT2D eigenvalue weighted by Gasteiger charge is -2.05. The molecule has 2 aromatic carbocycles. The molecule has 0 aliphatic heterocycles. The monoisotopic (exact) mass is 347 g/mol. The lowest BCUT2D eigenvalue weighted by molar-refractivity contribution is -0.384. The van der Waals surface area contributed by atoms with E-state index in [0.29, 0.717) is 5.56 Å². The minimum atomic E-state index is -3.92. The van der Waals surface area contributed by atoms with E-state index in [2.05, 4.69) is 0 Å². The molecule has 0 aliphatic rings. The molecule has 0 amide bonds. The molecule has 2 rings (SSSR count). The Morgan fingerprint density at radius 2 is 1.46 bits per heavy atom. The van der Waals surface area contributed by atoms with Crippen LogP contribution in [0.4, 0.5) is 5.69 Å². The Morgan fingerprint density at radius 1 is 0.958 bits per heavy atom. The van der Waals surface area contributed by atoms with E-state index < -0.39 is 26.3 Å². The SMILES string of the molecule is CC(=O)c1ccc(C(=O)CS(=O)(=O)c2ccc([N+](=O)[O-])cc2)cc1. The van der Waals surface area contributed by atoms with E-state index in [1.807, 2.05) is 0 Å². The van der Waals surface area contributed by atoms with Gasteiger partial charge in [-0.1, -0.05) is 24.3 Å². The van der Waals surface area contributed by atoms with Crippen molar-refractivity contribution < 1.29 is 22.9 Å². The number of ketones is 2. The Labute approximate surface area is 138 Å². The number of carbonyl (C=O) groups excluding carboxylic acids is 2. The van der Waals surface area contributed by atoms with Crippen LogP contribution >= 0.6 is 0 Å². The summed E-state index contributed by atoms with van der Waals surface area (Å²) in [5, 5.41) is 10.6. The van der Waals surface area contributed by atoms with E-state index in [9.17, 15) is 28.1 Å². The maximum Gasteiger partial charge on any atom is 0.269 e. The number of nitro benzene ring substituents is 1. The zero-order valence-electron chi connectivity index (χ0n) is 12.6. The Kier molecular flexibility index (Phi) is 4.89. The number of rotatable bonds is 6. The van der Waals surface area contributed by atoms with Crippen LogP contribution in [0.25, 0.3) is 0 Å². The van der Waals surface area contributed by atoms with Crippen LogP contribution in [-0.4, -0.2) is 30.7 Å². The van der Waals surface area contributed by atoms with Crippen LogP contribution < -0.4 is 0 Å². The lowest BCUT2D eigenvalue weighted by Crippen LogP contribution is -2.16. The second-order valence-corrected chi connectivity index (χ2v) is 7.06. The molecule has 0 unspecified atom stereocenters. The van der Waals surface area contributed by atoms with Gasteiger partial charge in [0.25, 0.3) is 5.69 Å². The van der Waals surface area contributed by atoms with Gasteiger partial charge < -0.3 is 0 Å². The first-order chi connectivity index (χ1) is 11.2. The Bertz CT molecular complexity index is 899. The summed E-state index contributed by atoms with van der Waals surface area (Å²) in [6.45, 7) is 1.38. The van der Waals surface area contributed by atoms with Gasteiger partial charge in [0.1, 0.15) is 5.75 Å². The molecule has 24 heavy (non-hydrogen) atoms. The molecule has 0 heterocycles. The van der Waals surface area contributed by atoms with Gasteiger partial charge in [0.2, 0.25) is 0 Å². The molecule has 8 heteroatoms. The first-order valence-corrected chi connectivity index (χ1v) is 8.47. The molecule has 0 atom stereocenters. The fourth-order valence-electron chi connectivity index (χ4n) is 2.01. The molecule has 0 bridgehead atoms. The predicted molar refractivity (Wildman–Crippen MR) is 85.9 cm³/mol. The molecule has 0 saturated heterocycles. The predicted octanol–water partition coefficient (Wildman–Crippen LogP) is 2.45. The number of nitrogens with zero attached hydrogens (tertiary/aromatic N) is 1. The van der Waals surface area contributed by atoms with Gasteiger partial charge in [-0.2, -0.15) is 0 Å². The van der Waals surface area contributed by atoms with Crippen molar-refractivity contribution in [1.82, 2.24) is 0 Å². The van der Waals surface area contributed by atoms with Crippen LogP contribution in [-0.2, 0) is 9.84 Å². The summed E-state index contributed by atoms with van der Waals surface area (Å²) in [7, 11) is -3.92. The average molecular weight is 347 g/mol. The number of hydrogen-bond acceptors (Lipinski definition) is 6. The zero-order valence-corrected chi connectivity index (χ0v) is 13.4. The minimum absolute atomic E-state index is 0.160. The van der Waals surface area contributed by atoms with Gasteiger partial charge in [0, 0.05) is 23.3 Å². The lowest BCUT2D eigenvalue weighted by atomic mass is 10.1. The molecule has 2 aromatic rings. The highest BCUT2D eigenvalue weighted by molar-refractivity contribution is 7.92. The third kappa shape index (κ3) is 3.90. The molecule has 124 valence electrons. The quantitative estimate of drug-likeness (QED) is 0.451. The summed E-state index contributed by atoms with van der Waals surface area (Å²) in [6, 6.07) is 10.0. The molecule has 7 nitrogen and oxygen atoms in total. The van der Waals surface area contributed by atoms with E-state index in [4.69, 9.17) is 0 Å². The molecule has 0 spiro atoms. The second kappa shape index (κ2) is 6.71. The fourth-order valence-corrected chi connectivity index (χ4v) is 3.23. The van der Waals surface area contributed by atoms with Crippen LogP contribution in [0.3, 0.4) is 0 Å². The van der Waals surface area contributed by atoms with Crippen molar-refractivity contribution in [2.45, 2.75) is 11.8 Å². The third-order valence-corrected chi connectivity index (χ3v) is 4.97. The maximum atomic E-state index is 12.2. The molecule has 0 saturated carbocycles. The summed E-state index contributed by atoms with van der Waals surface area (Å²) >= 11 is 0. The molecular weight excluding hydrogens is 334 g/mol. The van der Waals surface area contributed by atoms with Gasteiger partial charge in [-0.15, -0.1) is 0 Å². The number of sulfone groups is 1. The number of Topliss-reactive ketones (excluding diaryl/α,β-unsaturated/α-hetero) is 2. The Hall–Kier alpha value is -2.87. The van der Waals surface area contributed by atoms with Gasteiger partial charge in [0.15, 0.2) is 21.4 Å². The van der Waals surface area contributed by atoms with Crippen LogP contribution in [0.15, 0.2) is 53.4 Å². The standard InChI is InChI=1S/C16H13NO6S/c1-11(18)12-2-4-13(5-3-12)16(19)10-24(22,23)15-8-6-14(7-9-15)17(20)21/h2-9H,10H2,1H3. The smallest absolute Gasteiger partial charge is 0.269 e. The van der Waals surface area contributed by atoms with E-state index in [0.717, 1.165) is 24.3 Å². The third-order valence-electron chi connectivity index (χ3n) is 3.34. The van der Waals surface area contributed by atoms with Gasteiger partial charge in [0.05, 0.1) is 9.82 Å². The number of nitro groups is 1. The largest absolute Gasteiger partial charge is 0.295 e. The van der Waals surface area contributed by atoms with Gasteiger partial charge in [-0.3, -0.25) is 19.7 Å². The number of hydrogen-bond donors (Lipinski definition) is 0. The van der Waals surface area contributed by atoms with Crippen molar-refractivity contribution in [2.75, 3.05) is 5.75 Å². The van der Waals surface area contributed by atoms with Crippen LogP contribution in [0, 0.1) is 10.1 Å². The minimum Gasteiger partial charge on any atom is -0.295 e. The van der Waals surface area contributed by atoms with Crippen molar-refractivity contribution >= 4 is 27.1 Å². The first kappa shape index (κ1) is 17.5. The van der Waals surface area contributed by atoms with Crippen molar-refractivity contribution in [3.63, 3.8) is 0 Å². The van der Waals surface area contributed by atoms with E-state index in [1.54, 1.807) is 0 Å². The number of benzene rings is 2. The highest BCUT2D eigenvalue weighted by atomic mass is 32.2. The van der Waals surface area contributed by atoms with E-state index >= 15 is 0 Å². The van der Waals surface area contributed by atoms with Crippen LogP contribution in [0.2, 0.25) is 0 Å². The molecule has 0 radical (unpaired) electrons. The van der Waals surface area contributed by atoms with Gasteiger partial charge >= 0.3 is 0 Å². The van der Waals surface area contributed by atoms with Crippen LogP contribution in [0.5, 0.6) is 0 Å². The summed E-state index contributed by atoms with van der Waals surface area (Å²) in [5.74, 6) is -1.54. The Morgan fingerprint density at radius 3 is 1.92 bits per heavy atom. The second-order valence-electron chi connectivity index (χ2n) is 5.07. The Balaban J connectivity index is 2.20. The van der Waals surface area contributed by atoms with Crippen molar-refractivity contribution in [2.24, 2.45) is 0 Å². The van der Waals surface area contributed by atoms with Gasteiger partial charge in [-0.25, -0.2) is 8.42 Å². The normalized spacial score (nSPS) is 11.0.